The van der Waals surface area contributed by atoms with E-state index in [1.807, 2.05) is 17.0 Å². The van der Waals surface area contributed by atoms with Crippen LogP contribution in [0.3, 0.4) is 0 Å². The second kappa shape index (κ2) is 8.44. The summed E-state index contributed by atoms with van der Waals surface area (Å²) in [5.41, 5.74) is 1.24. The molecule has 0 spiro atoms. The fraction of sp³-hybridized carbons (Fsp3) is 0.304. The van der Waals surface area contributed by atoms with Crippen LogP contribution < -0.4 is 5.32 Å². The van der Waals surface area contributed by atoms with Crippen LogP contribution >= 0.6 is 23.2 Å². The molecule has 3 aromatic rings. The highest BCUT2D eigenvalue weighted by Crippen LogP contribution is 2.46. The molecule has 6 nitrogen and oxygen atoms in total. The summed E-state index contributed by atoms with van der Waals surface area (Å²) in [4.78, 5) is 28.8. The van der Waals surface area contributed by atoms with E-state index in [0.717, 1.165) is 25.1 Å². The Balaban J connectivity index is 1.43. The molecule has 3 heterocycles. The van der Waals surface area contributed by atoms with Gasteiger partial charge in [0.25, 0.3) is 5.91 Å². The van der Waals surface area contributed by atoms with Crippen molar-refractivity contribution in [1.29, 1.82) is 0 Å². The monoisotopic (exact) mass is 453 g/mol. The van der Waals surface area contributed by atoms with Crippen molar-refractivity contribution in [1.82, 2.24) is 19.9 Å². The van der Waals surface area contributed by atoms with Gasteiger partial charge in [-0.1, -0.05) is 23.2 Å². The zero-order valence-electron chi connectivity index (χ0n) is 16.7. The zero-order valence-corrected chi connectivity index (χ0v) is 18.2. The largest absolute Gasteiger partial charge is 0.368 e. The molecule has 1 saturated heterocycles. The zero-order chi connectivity index (χ0) is 21.4. The smallest absolute Gasteiger partial charge is 0.255 e. The number of aromatic nitrogens is 3. The third kappa shape index (κ3) is 4.23. The lowest BCUT2D eigenvalue weighted by molar-refractivity contribution is 0.0604. The number of piperidine rings is 1. The van der Waals surface area contributed by atoms with Crippen molar-refractivity contribution in [3.63, 3.8) is 0 Å². The van der Waals surface area contributed by atoms with E-state index in [2.05, 4.69) is 20.3 Å². The van der Waals surface area contributed by atoms with Crippen molar-refractivity contribution in [3.05, 3.63) is 70.6 Å². The maximum Gasteiger partial charge on any atom is 0.255 e. The van der Waals surface area contributed by atoms with E-state index in [1.165, 1.54) is 0 Å². The average Bonchev–Trinajstić information content (AvgIpc) is 3.58. The second-order valence-electron chi connectivity index (χ2n) is 8.01. The van der Waals surface area contributed by atoms with Crippen molar-refractivity contribution >= 4 is 34.9 Å². The third-order valence-corrected chi connectivity index (χ3v) is 6.46. The van der Waals surface area contributed by atoms with E-state index in [9.17, 15) is 4.79 Å². The lowest BCUT2D eigenvalue weighted by Crippen LogP contribution is -2.48. The van der Waals surface area contributed by atoms with Gasteiger partial charge < -0.3 is 10.2 Å². The quantitative estimate of drug-likeness (QED) is 0.591. The van der Waals surface area contributed by atoms with Gasteiger partial charge >= 0.3 is 0 Å². The maximum atomic E-state index is 13.8. The topological polar surface area (TPSA) is 71.0 Å². The molecule has 31 heavy (non-hydrogen) atoms. The number of halogens is 2. The fourth-order valence-electron chi connectivity index (χ4n) is 4.38. The van der Waals surface area contributed by atoms with Crippen LogP contribution in [0.15, 0.2) is 55.0 Å². The Labute approximate surface area is 190 Å². The summed E-state index contributed by atoms with van der Waals surface area (Å²) in [6.07, 6.45) is 8.11. The predicted octanol–water partition coefficient (Wildman–Crippen LogP) is 4.95. The molecule has 1 aromatic carbocycles. The van der Waals surface area contributed by atoms with Gasteiger partial charge in [0.2, 0.25) is 0 Å². The number of fused-ring (bicyclic) bond motifs is 1. The van der Waals surface area contributed by atoms with Crippen molar-refractivity contribution in [2.45, 2.75) is 31.3 Å². The van der Waals surface area contributed by atoms with Gasteiger partial charge in [-0.15, -0.1) is 0 Å². The van der Waals surface area contributed by atoms with Gasteiger partial charge in [-0.2, -0.15) is 0 Å². The molecule has 1 amide bonds. The van der Waals surface area contributed by atoms with Gasteiger partial charge in [-0.3, -0.25) is 4.79 Å². The summed E-state index contributed by atoms with van der Waals surface area (Å²) >= 11 is 12.2. The molecule has 2 fully saturated rings. The number of hydrogen-bond acceptors (Lipinski definition) is 5. The van der Waals surface area contributed by atoms with Gasteiger partial charge in [0.1, 0.15) is 5.82 Å². The van der Waals surface area contributed by atoms with Gasteiger partial charge in [0, 0.05) is 47.8 Å². The summed E-state index contributed by atoms with van der Waals surface area (Å²) in [5.74, 6) is 1.83. The maximum absolute atomic E-state index is 13.8. The van der Waals surface area contributed by atoms with Crippen LogP contribution in [-0.4, -0.2) is 44.4 Å². The fourth-order valence-corrected chi connectivity index (χ4v) is 4.67. The molecule has 2 aromatic heterocycles. The Morgan fingerprint density at radius 3 is 2.65 bits per heavy atom. The minimum absolute atomic E-state index is 0.0204. The molecular formula is C23H21Cl2N5O. The number of hydrogen-bond donors (Lipinski definition) is 1. The van der Waals surface area contributed by atoms with E-state index in [1.54, 1.807) is 42.9 Å². The van der Waals surface area contributed by atoms with Crippen molar-refractivity contribution in [2.75, 3.05) is 11.9 Å². The summed E-state index contributed by atoms with van der Waals surface area (Å²) in [5, 5.41) is 4.48. The number of amides is 1. The molecular weight excluding hydrogens is 433 g/mol. The first kappa shape index (κ1) is 20.2. The molecule has 0 bridgehead atoms. The number of benzene rings is 1. The Kier molecular flexibility index (Phi) is 5.50. The first-order valence-corrected chi connectivity index (χ1v) is 11.1. The summed E-state index contributed by atoms with van der Waals surface area (Å²) in [7, 11) is 0. The van der Waals surface area contributed by atoms with Crippen LogP contribution in [0.25, 0.3) is 11.4 Å². The van der Waals surface area contributed by atoms with E-state index < -0.39 is 0 Å². The lowest BCUT2D eigenvalue weighted by Gasteiger charge is -2.36. The highest BCUT2D eigenvalue weighted by Gasteiger charge is 2.50. The van der Waals surface area contributed by atoms with Crippen LogP contribution in [0, 0.1) is 5.92 Å². The van der Waals surface area contributed by atoms with E-state index in [-0.39, 0.29) is 18.0 Å². The molecule has 2 unspecified atom stereocenters. The normalized spacial score (nSPS) is 22.0. The van der Waals surface area contributed by atoms with Gasteiger partial charge in [-0.05, 0) is 61.6 Å². The number of pyridine rings is 1. The van der Waals surface area contributed by atoms with Crippen LogP contribution in [0.2, 0.25) is 10.0 Å². The molecule has 0 radical (unpaired) electrons. The average molecular weight is 454 g/mol. The number of carbonyl (C=O) groups excluding carboxylic acids is 1. The summed E-state index contributed by atoms with van der Waals surface area (Å²) in [6, 6.07) is 11.1. The van der Waals surface area contributed by atoms with E-state index in [0.29, 0.717) is 39.5 Å². The van der Waals surface area contributed by atoms with Crippen molar-refractivity contribution in [2.24, 2.45) is 5.92 Å². The number of anilines is 1. The third-order valence-electron chi connectivity index (χ3n) is 6.01. The molecule has 1 N–H and O–H groups in total. The van der Waals surface area contributed by atoms with E-state index >= 15 is 0 Å². The molecule has 5 rings (SSSR count). The molecule has 1 saturated carbocycles. The minimum atomic E-state index is -0.0204. The van der Waals surface area contributed by atoms with Gasteiger partial charge in [-0.25, -0.2) is 15.0 Å². The first-order valence-electron chi connectivity index (χ1n) is 10.3. The van der Waals surface area contributed by atoms with Crippen molar-refractivity contribution < 1.29 is 4.79 Å². The number of rotatable bonds is 5. The Morgan fingerprint density at radius 1 is 1.06 bits per heavy atom. The summed E-state index contributed by atoms with van der Waals surface area (Å²) < 4.78 is 0. The number of nitrogens with one attached hydrogen (secondary N) is 1. The molecule has 158 valence electrons. The predicted molar refractivity (Wildman–Crippen MR) is 121 cm³/mol. The standard InChI is InChI=1S/C23H21Cl2N5O/c24-15-3-6-18(22-26-8-1-9-27-22)19(11-15)23(31)30-17(5-2-14-10-20(14)30)13-29-21-7-4-16(25)12-28-21/h1,3-4,6-9,11-12,14,17,20H,2,5,10,13H2,(H,28,29)/t14?,17-,20?/m0/s1. The SMILES string of the molecule is O=C(c1cc(Cl)ccc1-c1ncccn1)N1C2CC2CC[C@H]1CNc1ccc(Cl)cn1. The second-order valence-corrected chi connectivity index (χ2v) is 8.88. The molecule has 1 aliphatic carbocycles. The number of carbonyl (C=O) groups is 1. The highest BCUT2D eigenvalue weighted by molar-refractivity contribution is 6.31. The Hall–Kier alpha value is -2.70. The van der Waals surface area contributed by atoms with Crippen LogP contribution in [0.1, 0.15) is 29.6 Å². The van der Waals surface area contributed by atoms with Gasteiger partial charge in [0.05, 0.1) is 10.6 Å². The number of nitrogens with zero attached hydrogens (tertiary/aromatic N) is 4. The van der Waals surface area contributed by atoms with Crippen LogP contribution in [0.4, 0.5) is 5.82 Å². The van der Waals surface area contributed by atoms with Gasteiger partial charge in [0.15, 0.2) is 5.82 Å². The first-order chi connectivity index (χ1) is 15.1. The van der Waals surface area contributed by atoms with Crippen LogP contribution in [-0.2, 0) is 0 Å². The molecule has 1 aliphatic heterocycles. The molecule has 8 heteroatoms. The summed E-state index contributed by atoms with van der Waals surface area (Å²) in [6.45, 7) is 0.626. The minimum Gasteiger partial charge on any atom is -0.368 e. The van der Waals surface area contributed by atoms with Crippen LogP contribution in [0.5, 0.6) is 0 Å². The highest BCUT2D eigenvalue weighted by atomic mass is 35.5. The van der Waals surface area contributed by atoms with Crippen molar-refractivity contribution in [3.8, 4) is 11.4 Å². The Bertz CT molecular complexity index is 1090. The van der Waals surface area contributed by atoms with E-state index in [4.69, 9.17) is 23.2 Å². The molecule has 2 aliphatic rings. The lowest BCUT2D eigenvalue weighted by atomic mass is 9.98. The Morgan fingerprint density at radius 2 is 1.87 bits per heavy atom. The number of likely N-dealkylation sites (tertiary alicyclic amines) is 1. The molecule has 3 atom stereocenters.